The van der Waals surface area contributed by atoms with Crippen LogP contribution in [0.5, 0.6) is 17.2 Å². The molecule has 40 heavy (non-hydrogen) atoms. The van der Waals surface area contributed by atoms with Gasteiger partial charge in [-0.15, -0.1) is 0 Å². The van der Waals surface area contributed by atoms with E-state index < -0.39 is 23.9 Å². The molecule has 0 radical (unpaired) electrons. The van der Waals surface area contributed by atoms with Gasteiger partial charge in [-0.05, 0) is 61.3 Å². The predicted molar refractivity (Wildman–Crippen MR) is 151 cm³/mol. The van der Waals surface area contributed by atoms with Gasteiger partial charge in [-0.1, -0.05) is 49.6 Å². The molecule has 4 rings (SSSR count). The summed E-state index contributed by atoms with van der Waals surface area (Å²) >= 11 is 0. The van der Waals surface area contributed by atoms with Crippen LogP contribution in [-0.4, -0.2) is 56.5 Å². The molecule has 3 N–H and O–H groups in total. The number of benzene rings is 2. The molecule has 9 heteroatoms. The smallest absolute Gasteiger partial charge is 0.244 e. The number of methoxy groups -OCH3 is 3. The van der Waals surface area contributed by atoms with E-state index in [0.29, 0.717) is 35.8 Å². The molecule has 9 nitrogen and oxygen atoms in total. The Morgan fingerprint density at radius 1 is 0.850 bits per heavy atom. The monoisotopic (exact) mass is 551 g/mol. The van der Waals surface area contributed by atoms with Crippen molar-refractivity contribution in [2.45, 2.75) is 69.4 Å². The number of rotatable bonds is 10. The molecule has 1 aliphatic heterocycles. The van der Waals surface area contributed by atoms with Gasteiger partial charge in [0.25, 0.3) is 0 Å². The number of piperidine rings is 1. The molecule has 0 bridgehead atoms. The first-order valence-corrected chi connectivity index (χ1v) is 14.1. The van der Waals surface area contributed by atoms with Gasteiger partial charge >= 0.3 is 0 Å². The number of nitrogens with two attached hydrogens (primary N) is 1. The Balaban J connectivity index is 1.67. The first-order valence-electron chi connectivity index (χ1n) is 14.1. The van der Waals surface area contributed by atoms with E-state index >= 15 is 0 Å². The summed E-state index contributed by atoms with van der Waals surface area (Å²) in [6.07, 6.45) is 7.25. The first-order chi connectivity index (χ1) is 19.4. The van der Waals surface area contributed by atoms with E-state index in [1.54, 1.807) is 50.5 Å². The SMILES string of the molecule is COc1cc(C(C(=O)N2CCCCC2C(=O)NC(C(N)=O)c2ccccc2)C2CCCCC2)cc(OC)c1OC. The second-order valence-electron chi connectivity index (χ2n) is 10.6. The number of amides is 3. The molecule has 216 valence electrons. The number of carbonyl (C=O) groups excluding carboxylic acids is 3. The molecule has 2 fully saturated rings. The topological polar surface area (TPSA) is 120 Å². The molecule has 2 aliphatic rings. The molecule has 1 aliphatic carbocycles. The summed E-state index contributed by atoms with van der Waals surface area (Å²) in [5, 5.41) is 2.83. The average Bonchev–Trinajstić information content (AvgIpc) is 3.00. The van der Waals surface area contributed by atoms with Crippen LogP contribution < -0.4 is 25.3 Å². The van der Waals surface area contributed by atoms with Gasteiger partial charge in [-0.3, -0.25) is 14.4 Å². The van der Waals surface area contributed by atoms with Crippen molar-refractivity contribution in [1.29, 1.82) is 0 Å². The first kappa shape index (κ1) is 29.2. The summed E-state index contributed by atoms with van der Waals surface area (Å²) in [4.78, 5) is 42.2. The number of primary amides is 1. The fourth-order valence-electron chi connectivity index (χ4n) is 6.21. The summed E-state index contributed by atoms with van der Waals surface area (Å²) in [5.74, 6) is 0.00396. The largest absolute Gasteiger partial charge is 0.493 e. The molecule has 0 spiro atoms. The Hall–Kier alpha value is -3.75. The van der Waals surface area contributed by atoms with Crippen molar-refractivity contribution in [2.24, 2.45) is 11.7 Å². The summed E-state index contributed by atoms with van der Waals surface area (Å²) in [6.45, 7) is 0.469. The summed E-state index contributed by atoms with van der Waals surface area (Å²) in [5.41, 5.74) is 7.07. The molecule has 0 aromatic heterocycles. The van der Waals surface area contributed by atoms with Crippen LogP contribution in [0.4, 0.5) is 0 Å². The average molecular weight is 552 g/mol. The van der Waals surface area contributed by atoms with Crippen LogP contribution in [0.15, 0.2) is 42.5 Å². The quantitative estimate of drug-likeness (QED) is 0.459. The van der Waals surface area contributed by atoms with Gasteiger partial charge in [0.1, 0.15) is 12.1 Å². The van der Waals surface area contributed by atoms with Crippen LogP contribution >= 0.6 is 0 Å². The maximum Gasteiger partial charge on any atom is 0.244 e. The lowest BCUT2D eigenvalue weighted by Gasteiger charge is -2.40. The molecule has 3 unspecified atom stereocenters. The van der Waals surface area contributed by atoms with Crippen molar-refractivity contribution >= 4 is 17.7 Å². The van der Waals surface area contributed by atoms with Crippen LogP contribution in [0.1, 0.15) is 74.5 Å². The third-order valence-electron chi connectivity index (χ3n) is 8.23. The van der Waals surface area contributed by atoms with Crippen molar-refractivity contribution in [1.82, 2.24) is 10.2 Å². The highest BCUT2D eigenvalue weighted by Gasteiger charge is 2.41. The molecule has 1 heterocycles. The van der Waals surface area contributed by atoms with Crippen molar-refractivity contribution < 1.29 is 28.6 Å². The number of hydrogen-bond donors (Lipinski definition) is 2. The summed E-state index contributed by atoms with van der Waals surface area (Å²) in [7, 11) is 4.67. The second kappa shape index (κ2) is 13.5. The molecule has 2 aromatic carbocycles. The van der Waals surface area contributed by atoms with Gasteiger partial charge in [-0.25, -0.2) is 0 Å². The number of nitrogens with one attached hydrogen (secondary N) is 1. The zero-order valence-electron chi connectivity index (χ0n) is 23.7. The fraction of sp³-hybridized carbons (Fsp3) is 0.516. The van der Waals surface area contributed by atoms with Crippen LogP contribution in [0.25, 0.3) is 0 Å². The number of nitrogens with zero attached hydrogens (tertiary/aromatic N) is 1. The molecule has 1 saturated carbocycles. The maximum absolute atomic E-state index is 14.5. The minimum absolute atomic E-state index is 0.0867. The molecular weight excluding hydrogens is 510 g/mol. The van der Waals surface area contributed by atoms with Gasteiger partial charge in [0.2, 0.25) is 23.5 Å². The lowest BCUT2D eigenvalue weighted by atomic mass is 9.75. The van der Waals surface area contributed by atoms with Crippen LogP contribution in [0, 0.1) is 5.92 Å². The predicted octanol–water partition coefficient (Wildman–Crippen LogP) is 4.10. The maximum atomic E-state index is 14.5. The number of likely N-dealkylation sites (tertiary alicyclic amines) is 1. The van der Waals surface area contributed by atoms with E-state index in [1.807, 2.05) is 18.2 Å². The normalized spacial score (nSPS) is 19.3. The van der Waals surface area contributed by atoms with Crippen molar-refractivity contribution in [3.63, 3.8) is 0 Å². The summed E-state index contributed by atoms with van der Waals surface area (Å²) < 4.78 is 16.7. The molecule has 3 atom stereocenters. The Labute approximate surface area is 236 Å². The summed E-state index contributed by atoms with van der Waals surface area (Å²) in [6, 6.07) is 11.0. The van der Waals surface area contributed by atoms with Gasteiger partial charge in [0.15, 0.2) is 11.5 Å². The molecule has 1 saturated heterocycles. The Morgan fingerprint density at radius 2 is 1.48 bits per heavy atom. The minimum Gasteiger partial charge on any atom is -0.493 e. The van der Waals surface area contributed by atoms with Gasteiger partial charge in [0, 0.05) is 6.54 Å². The zero-order chi connectivity index (χ0) is 28.6. The van der Waals surface area contributed by atoms with E-state index in [2.05, 4.69) is 5.32 Å². The van der Waals surface area contributed by atoms with Crippen LogP contribution in [0.2, 0.25) is 0 Å². The number of hydrogen-bond acceptors (Lipinski definition) is 6. The van der Waals surface area contributed by atoms with E-state index in [4.69, 9.17) is 19.9 Å². The standard InChI is InChI=1S/C31H41N3O6/c1-38-24-18-22(19-25(39-2)28(24)40-3)26(20-12-6-4-7-13-20)31(37)34-17-11-10-16-23(34)30(36)33-27(29(32)35)21-14-8-5-9-15-21/h5,8-9,14-15,18-20,23,26-27H,4,6-7,10-13,16-17H2,1-3H3,(H2,32,35)(H,33,36). The van der Waals surface area contributed by atoms with Crippen LogP contribution in [-0.2, 0) is 14.4 Å². The van der Waals surface area contributed by atoms with E-state index in [9.17, 15) is 14.4 Å². The lowest BCUT2D eigenvalue weighted by molar-refractivity contribution is -0.145. The van der Waals surface area contributed by atoms with Gasteiger partial charge < -0.3 is 30.2 Å². The van der Waals surface area contributed by atoms with Crippen molar-refractivity contribution in [3.05, 3.63) is 53.6 Å². The van der Waals surface area contributed by atoms with Gasteiger partial charge in [0.05, 0.1) is 27.2 Å². The van der Waals surface area contributed by atoms with Gasteiger partial charge in [-0.2, -0.15) is 0 Å². The zero-order valence-corrected chi connectivity index (χ0v) is 23.7. The van der Waals surface area contributed by atoms with E-state index in [1.165, 1.54) is 0 Å². The molecule has 3 amide bonds. The minimum atomic E-state index is -0.975. The highest BCUT2D eigenvalue weighted by Crippen LogP contribution is 2.45. The third-order valence-corrected chi connectivity index (χ3v) is 8.23. The van der Waals surface area contributed by atoms with Crippen molar-refractivity contribution in [2.75, 3.05) is 27.9 Å². The second-order valence-corrected chi connectivity index (χ2v) is 10.6. The molecular formula is C31H41N3O6. The van der Waals surface area contributed by atoms with E-state index in [-0.39, 0.29) is 17.7 Å². The lowest BCUT2D eigenvalue weighted by Crippen LogP contribution is -2.55. The van der Waals surface area contributed by atoms with E-state index in [0.717, 1.165) is 50.5 Å². The Kier molecular flexibility index (Phi) is 9.90. The highest BCUT2D eigenvalue weighted by molar-refractivity contribution is 5.94. The van der Waals surface area contributed by atoms with Crippen LogP contribution in [0.3, 0.4) is 0 Å². The number of carbonyl (C=O) groups is 3. The van der Waals surface area contributed by atoms with Crippen molar-refractivity contribution in [3.8, 4) is 17.2 Å². The highest BCUT2D eigenvalue weighted by atomic mass is 16.5. The Bertz CT molecular complexity index is 1160. The third kappa shape index (κ3) is 6.35. The fourth-order valence-corrected chi connectivity index (χ4v) is 6.21. The molecule has 2 aromatic rings. The Morgan fingerprint density at radius 3 is 2.05 bits per heavy atom. The number of ether oxygens (including phenoxy) is 3.